The van der Waals surface area contributed by atoms with Gasteiger partial charge in [0, 0.05) is 11.6 Å². The van der Waals surface area contributed by atoms with Gasteiger partial charge in [0.1, 0.15) is 11.3 Å². The van der Waals surface area contributed by atoms with Crippen LogP contribution < -0.4 is 9.44 Å². The number of nitrogens with one attached hydrogen (secondary N) is 2. The summed E-state index contributed by atoms with van der Waals surface area (Å²) >= 11 is 6.00. The topological polar surface area (TPSA) is 105 Å². The Balaban J connectivity index is 1.99. The van der Waals surface area contributed by atoms with Gasteiger partial charge in [-0.25, -0.2) is 21.2 Å². The van der Waals surface area contributed by atoms with Gasteiger partial charge in [0.05, 0.1) is 27.5 Å². The predicted molar refractivity (Wildman–Crippen MR) is 102 cm³/mol. The van der Waals surface area contributed by atoms with Crippen LogP contribution in [0.4, 0.5) is 15.8 Å². The first-order valence-electron chi connectivity index (χ1n) is 7.40. The number of hydrogen-bond donors (Lipinski definition) is 2. The van der Waals surface area contributed by atoms with Crippen LogP contribution >= 0.6 is 11.6 Å². The standard InChI is InChI=1S/C16H13ClFN3O4S2/c1-26(22,23)21-14-6-4-10(9-12(14)17)20-27(24,25)15-7-5-13(18)16-11(15)3-2-8-19-16/h2-9,20-21H,1H3. The van der Waals surface area contributed by atoms with E-state index in [-0.39, 0.29) is 32.2 Å². The van der Waals surface area contributed by atoms with E-state index in [0.29, 0.717) is 0 Å². The van der Waals surface area contributed by atoms with E-state index in [2.05, 4.69) is 14.4 Å². The summed E-state index contributed by atoms with van der Waals surface area (Å²) in [5, 5.41) is 0.137. The molecule has 142 valence electrons. The highest BCUT2D eigenvalue weighted by molar-refractivity contribution is 7.93. The molecule has 0 atom stereocenters. The van der Waals surface area contributed by atoms with Crippen molar-refractivity contribution in [2.24, 2.45) is 0 Å². The Bertz CT molecular complexity index is 1250. The van der Waals surface area contributed by atoms with Gasteiger partial charge < -0.3 is 0 Å². The molecular formula is C16H13ClFN3O4S2. The number of sulfonamides is 2. The fourth-order valence-electron chi connectivity index (χ4n) is 2.42. The molecule has 2 aromatic carbocycles. The summed E-state index contributed by atoms with van der Waals surface area (Å²) in [6.45, 7) is 0. The molecule has 27 heavy (non-hydrogen) atoms. The highest BCUT2D eigenvalue weighted by Gasteiger charge is 2.20. The van der Waals surface area contributed by atoms with Gasteiger partial charge >= 0.3 is 0 Å². The third-order valence-corrected chi connectivity index (χ3v) is 5.83. The Labute approximate surface area is 160 Å². The van der Waals surface area contributed by atoms with Crippen molar-refractivity contribution in [1.29, 1.82) is 0 Å². The monoisotopic (exact) mass is 429 g/mol. The zero-order valence-corrected chi connectivity index (χ0v) is 16.2. The molecule has 7 nitrogen and oxygen atoms in total. The maximum Gasteiger partial charge on any atom is 0.262 e. The highest BCUT2D eigenvalue weighted by atomic mass is 35.5. The molecule has 0 aliphatic rings. The third-order valence-electron chi connectivity index (χ3n) is 3.49. The van der Waals surface area contributed by atoms with E-state index < -0.39 is 25.9 Å². The molecule has 0 saturated carbocycles. The van der Waals surface area contributed by atoms with Crippen LogP contribution in [0.15, 0.2) is 53.6 Å². The number of anilines is 2. The summed E-state index contributed by atoms with van der Waals surface area (Å²) in [7, 11) is -7.61. The van der Waals surface area contributed by atoms with Gasteiger partial charge in [-0.1, -0.05) is 11.6 Å². The Kier molecular flexibility index (Phi) is 4.98. The van der Waals surface area contributed by atoms with Crippen LogP contribution in [-0.2, 0) is 20.0 Å². The van der Waals surface area contributed by atoms with E-state index in [0.717, 1.165) is 18.4 Å². The lowest BCUT2D eigenvalue weighted by molar-refractivity contribution is 0.600. The SMILES string of the molecule is CS(=O)(=O)Nc1ccc(NS(=O)(=O)c2ccc(F)c3ncccc23)cc1Cl. The molecule has 0 bridgehead atoms. The fourth-order valence-corrected chi connectivity index (χ4v) is 4.53. The molecule has 11 heteroatoms. The molecule has 0 radical (unpaired) electrons. The second-order valence-corrected chi connectivity index (χ2v) is 9.43. The van der Waals surface area contributed by atoms with Crippen LogP contribution in [0, 0.1) is 5.82 Å². The molecule has 0 unspecified atom stereocenters. The van der Waals surface area contributed by atoms with Gasteiger partial charge in [-0.3, -0.25) is 14.4 Å². The summed E-state index contributed by atoms with van der Waals surface area (Å²) in [5.74, 6) is -0.635. The van der Waals surface area contributed by atoms with Gasteiger partial charge in [-0.05, 0) is 42.5 Å². The summed E-state index contributed by atoms with van der Waals surface area (Å²) in [6, 6.07) is 9.05. The van der Waals surface area contributed by atoms with Crippen molar-refractivity contribution >= 4 is 53.9 Å². The first-order chi connectivity index (χ1) is 12.6. The van der Waals surface area contributed by atoms with Gasteiger partial charge in [-0.2, -0.15) is 0 Å². The van der Waals surface area contributed by atoms with E-state index in [9.17, 15) is 21.2 Å². The van der Waals surface area contributed by atoms with Gasteiger partial charge in [0.2, 0.25) is 10.0 Å². The maximum atomic E-state index is 13.9. The molecular weight excluding hydrogens is 417 g/mol. The maximum absolute atomic E-state index is 13.9. The van der Waals surface area contributed by atoms with E-state index >= 15 is 0 Å². The van der Waals surface area contributed by atoms with Crippen molar-refractivity contribution in [3.63, 3.8) is 0 Å². The lowest BCUT2D eigenvalue weighted by Gasteiger charge is -2.12. The summed E-state index contributed by atoms with van der Waals surface area (Å²) in [4.78, 5) is 3.72. The molecule has 0 spiro atoms. The molecule has 1 heterocycles. The van der Waals surface area contributed by atoms with Crippen LogP contribution in [0.25, 0.3) is 10.9 Å². The van der Waals surface area contributed by atoms with Gasteiger partial charge in [0.25, 0.3) is 10.0 Å². The van der Waals surface area contributed by atoms with Crippen LogP contribution in [-0.4, -0.2) is 28.1 Å². The smallest absolute Gasteiger partial charge is 0.262 e. The third kappa shape index (κ3) is 4.29. The second-order valence-electron chi connectivity index (χ2n) is 5.62. The summed E-state index contributed by atoms with van der Waals surface area (Å²) in [5.41, 5.74) is 0.157. The lowest BCUT2D eigenvalue weighted by atomic mass is 10.2. The van der Waals surface area contributed by atoms with Crippen LogP contribution in [0.2, 0.25) is 5.02 Å². The van der Waals surface area contributed by atoms with Gasteiger partial charge in [-0.15, -0.1) is 0 Å². The fraction of sp³-hybridized carbons (Fsp3) is 0.0625. The molecule has 3 rings (SSSR count). The Morgan fingerprint density at radius 3 is 2.44 bits per heavy atom. The number of benzene rings is 2. The molecule has 0 aliphatic carbocycles. The number of hydrogen-bond acceptors (Lipinski definition) is 5. The molecule has 0 saturated heterocycles. The van der Waals surface area contributed by atoms with Gasteiger partial charge in [0.15, 0.2) is 0 Å². The zero-order chi connectivity index (χ0) is 19.8. The quantitative estimate of drug-likeness (QED) is 0.648. The first kappa shape index (κ1) is 19.3. The Morgan fingerprint density at radius 2 is 1.78 bits per heavy atom. The number of aromatic nitrogens is 1. The zero-order valence-electron chi connectivity index (χ0n) is 13.8. The Hall–Kier alpha value is -2.43. The van der Waals surface area contributed by atoms with Crippen molar-refractivity contribution in [1.82, 2.24) is 4.98 Å². The minimum atomic E-state index is -4.08. The number of rotatable bonds is 5. The first-order valence-corrected chi connectivity index (χ1v) is 11.2. The van der Waals surface area contributed by atoms with E-state index in [4.69, 9.17) is 11.6 Å². The van der Waals surface area contributed by atoms with Crippen molar-refractivity contribution in [3.05, 3.63) is 59.5 Å². The largest absolute Gasteiger partial charge is 0.282 e. The van der Waals surface area contributed by atoms with E-state index in [1.165, 1.54) is 36.5 Å². The number of halogens is 2. The molecule has 0 aliphatic heterocycles. The minimum Gasteiger partial charge on any atom is -0.282 e. The molecule has 1 aromatic heterocycles. The number of pyridine rings is 1. The molecule has 2 N–H and O–H groups in total. The van der Waals surface area contributed by atoms with Crippen LogP contribution in [0.1, 0.15) is 0 Å². The Morgan fingerprint density at radius 1 is 1.04 bits per heavy atom. The van der Waals surface area contributed by atoms with E-state index in [1.54, 1.807) is 0 Å². The second kappa shape index (κ2) is 6.95. The minimum absolute atomic E-state index is 0.00579. The normalized spacial score (nSPS) is 12.1. The average molecular weight is 430 g/mol. The number of nitrogens with zero attached hydrogens (tertiary/aromatic N) is 1. The molecule has 3 aromatic rings. The van der Waals surface area contributed by atoms with Crippen LogP contribution in [0.5, 0.6) is 0 Å². The van der Waals surface area contributed by atoms with Crippen molar-refractivity contribution in [3.8, 4) is 0 Å². The molecule has 0 amide bonds. The van der Waals surface area contributed by atoms with E-state index in [1.807, 2.05) is 0 Å². The van der Waals surface area contributed by atoms with Crippen LogP contribution in [0.3, 0.4) is 0 Å². The summed E-state index contributed by atoms with van der Waals surface area (Å²) in [6.07, 6.45) is 2.33. The number of fused-ring (bicyclic) bond motifs is 1. The highest BCUT2D eigenvalue weighted by Crippen LogP contribution is 2.29. The predicted octanol–water partition coefficient (Wildman–Crippen LogP) is 3.20. The van der Waals surface area contributed by atoms with Crippen molar-refractivity contribution in [2.45, 2.75) is 4.90 Å². The van der Waals surface area contributed by atoms with Crippen molar-refractivity contribution in [2.75, 3.05) is 15.7 Å². The van der Waals surface area contributed by atoms with Crippen molar-refractivity contribution < 1.29 is 21.2 Å². The average Bonchev–Trinajstić information content (AvgIpc) is 2.56. The molecule has 0 fully saturated rings. The lowest BCUT2D eigenvalue weighted by Crippen LogP contribution is -2.14. The summed E-state index contributed by atoms with van der Waals surface area (Å²) < 4.78 is 66.5.